The highest BCUT2D eigenvalue weighted by Crippen LogP contribution is 2.28. The third-order valence-corrected chi connectivity index (χ3v) is 7.49. The normalized spacial score (nSPS) is 26.0. The van der Waals surface area contributed by atoms with Crippen molar-refractivity contribution in [3.05, 3.63) is 11.4 Å². The van der Waals surface area contributed by atoms with Crippen molar-refractivity contribution in [1.82, 2.24) is 19.4 Å². The van der Waals surface area contributed by atoms with Crippen molar-refractivity contribution in [1.29, 1.82) is 0 Å². The predicted molar refractivity (Wildman–Crippen MR) is 94.5 cm³/mol. The number of likely N-dealkylation sites (tertiary alicyclic amines) is 1. The Kier molecular flexibility index (Phi) is 5.20. The maximum absolute atomic E-state index is 13.0. The number of aromatic amines is 1. The quantitative estimate of drug-likeness (QED) is 0.879. The molecule has 0 spiro atoms. The second kappa shape index (κ2) is 7.07. The fourth-order valence-electron chi connectivity index (χ4n) is 4.06. The number of carbonyl (C=O) groups excluding carboxylic acids is 1. The fourth-order valence-corrected chi connectivity index (χ4v) is 5.92. The van der Waals surface area contributed by atoms with Gasteiger partial charge in [0, 0.05) is 26.2 Å². The van der Waals surface area contributed by atoms with E-state index < -0.39 is 10.0 Å². The van der Waals surface area contributed by atoms with Crippen LogP contribution in [-0.4, -0.2) is 59.9 Å². The highest BCUT2D eigenvalue weighted by Gasteiger charge is 2.37. The van der Waals surface area contributed by atoms with Crippen LogP contribution in [0.25, 0.3) is 0 Å². The lowest BCUT2D eigenvalue weighted by Gasteiger charge is -2.37. The summed E-state index contributed by atoms with van der Waals surface area (Å²) in [5, 5.41) is 6.75. The number of nitrogens with one attached hydrogen (secondary N) is 1. The van der Waals surface area contributed by atoms with Gasteiger partial charge in [-0.3, -0.25) is 9.89 Å². The summed E-state index contributed by atoms with van der Waals surface area (Å²) < 4.78 is 27.5. The molecule has 7 nitrogen and oxygen atoms in total. The number of sulfonamides is 1. The van der Waals surface area contributed by atoms with E-state index in [9.17, 15) is 13.2 Å². The Bertz CT molecular complexity index is 724. The van der Waals surface area contributed by atoms with E-state index in [-0.39, 0.29) is 23.3 Å². The van der Waals surface area contributed by atoms with Gasteiger partial charge >= 0.3 is 0 Å². The van der Waals surface area contributed by atoms with Crippen molar-refractivity contribution in [2.75, 3.05) is 26.2 Å². The van der Waals surface area contributed by atoms with Crippen LogP contribution in [0.4, 0.5) is 0 Å². The SMILES string of the molecule is Cc1n[nH]c(C)c1S(=O)(=O)N1CCCC(C(=O)N2CCCC(C)C2)C1. The first-order valence-corrected chi connectivity index (χ1v) is 10.5. The van der Waals surface area contributed by atoms with Gasteiger partial charge in [0.15, 0.2) is 0 Å². The lowest BCUT2D eigenvalue weighted by Crippen LogP contribution is -2.49. The molecule has 2 aliphatic rings. The molecule has 0 radical (unpaired) electrons. The topological polar surface area (TPSA) is 86.4 Å². The molecule has 0 saturated carbocycles. The van der Waals surface area contributed by atoms with Gasteiger partial charge in [0.25, 0.3) is 0 Å². The molecule has 1 aromatic heterocycles. The highest BCUT2D eigenvalue weighted by atomic mass is 32.2. The van der Waals surface area contributed by atoms with Crippen molar-refractivity contribution < 1.29 is 13.2 Å². The van der Waals surface area contributed by atoms with E-state index >= 15 is 0 Å². The molecule has 2 unspecified atom stereocenters. The average molecular weight is 369 g/mol. The third kappa shape index (κ3) is 3.60. The molecule has 140 valence electrons. The molecular weight excluding hydrogens is 340 g/mol. The van der Waals surface area contributed by atoms with E-state index in [4.69, 9.17) is 0 Å². The van der Waals surface area contributed by atoms with Crippen molar-refractivity contribution in [3.63, 3.8) is 0 Å². The Morgan fingerprint density at radius 1 is 1.16 bits per heavy atom. The summed E-state index contributed by atoms with van der Waals surface area (Å²) in [5.74, 6) is 0.408. The van der Waals surface area contributed by atoms with Crippen LogP contribution in [0.1, 0.15) is 44.0 Å². The van der Waals surface area contributed by atoms with Crippen LogP contribution in [0.15, 0.2) is 4.90 Å². The molecule has 0 aliphatic carbocycles. The van der Waals surface area contributed by atoms with E-state index in [2.05, 4.69) is 17.1 Å². The number of hydrogen-bond donors (Lipinski definition) is 1. The molecule has 3 heterocycles. The van der Waals surface area contributed by atoms with Gasteiger partial charge in [-0.05, 0) is 45.4 Å². The van der Waals surface area contributed by atoms with Crippen LogP contribution in [0.3, 0.4) is 0 Å². The number of hydrogen-bond acceptors (Lipinski definition) is 4. The number of H-pyrrole nitrogens is 1. The summed E-state index contributed by atoms with van der Waals surface area (Å²) in [5.41, 5.74) is 1.03. The smallest absolute Gasteiger partial charge is 0.246 e. The lowest BCUT2D eigenvalue weighted by molar-refractivity contribution is -0.138. The molecule has 0 aromatic carbocycles. The molecule has 25 heavy (non-hydrogen) atoms. The Morgan fingerprint density at radius 2 is 1.88 bits per heavy atom. The maximum Gasteiger partial charge on any atom is 0.246 e. The second-order valence-electron chi connectivity index (χ2n) is 7.50. The molecule has 2 atom stereocenters. The molecule has 0 bridgehead atoms. The summed E-state index contributed by atoms with van der Waals surface area (Å²) >= 11 is 0. The Hall–Kier alpha value is -1.41. The van der Waals surface area contributed by atoms with Crippen molar-refractivity contribution in [2.45, 2.75) is 51.3 Å². The summed E-state index contributed by atoms with van der Waals surface area (Å²) in [6.45, 7) is 7.91. The lowest BCUT2D eigenvalue weighted by atomic mass is 9.94. The molecule has 3 rings (SSSR count). The Balaban J connectivity index is 1.76. The van der Waals surface area contributed by atoms with Gasteiger partial charge in [-0.2, -0.15) is 9.40 Å². The predicted octanol–water partition coefficient (Wildman–Crippen LogP) is 1.69. The van der Waals surface area contributed by atoms with Crippen LogP contribution in [0.5, 0.6) is 0 Å². The van der Waals surface area contributed by atoms with E-state index in [0.29, 0.717) is 23.9 Å². The van der Waals surface area contributed by atoms with Crippen LogP contribution >= 0.6 is 0 Å². The van der Waals surface area contributed by atoms with Gasteiger partial charge in [-0.1, -0.05) is 6.92 Å². The van der Waals surface area contributed by atoms with Crippen LogP contribution in [-0.2, 0) is 14.8 Å². The minimum absolute atomic E-state index is 0.118. The van der Waals surface area contributed by atoms with Gasteiger partial charge < -0.3 is 4.90 Å². The van der Waals surface area contributed by atoms with Gasteiger partial charge in [0.2, 0.25) is 15.9 Å². The summed E-state index contributed by atoms with van der Waals surface area (Å²) in [4.78, 5) is 15.1. The zero-order valence-electron chi connectivity index (χ0n) is 15.3. The van der Waals surface area contributed by atoms with E-state index in [0.717, 1.165) is 38.8 Å². The molecule has 1 N–H and O–H groups in total. The van der Waals surface area contributed by atoms with Crippen molar-refractivity contribution in [3.8, 4) is 0 Å². The first-order valence-electron chi connectivity index (χ1n) is 9.11. The van der Waals surface area contributed by atoms with Gasteiger partial charge in [-0.15, -0.1) is 0 Å². The molecule has 1 amide bonds. The number of aryl methyl sites for hydroxylation is 2. The number of carbonyl (C=O) groups is 1. The first-order chi connectivity index (χ1) is 11.8. The van der Waals surface area contributed by atoms with Crippen LogP contribution in [0.2, 0.25) is 0 Å². The van der Waals surface area contributed by atoms with E-state index in [1.807, 2.05) is 4.90 Å². The minimum atomic E-state index is -3.62. The summed E-state index contributed by atoms with van der Waals surface area (Å²) in [7, 11) is -3.62. The number of nitrogens with zero attached hydrogens (tertiary/aromatic N) is 3. The van der Waals surface area contributed by atoms with E-state index in [1.165, 1.54) is 4.31 Å². The van der Waals surface area contributed by atoms with Crippen molar-refractivity contribution in [2.24, 2.45) is 11.8 Å². The fraction of sp³-hybridized carbons (Fsp3) is 0.765. The average Bonchev–Trinajstić information content (AvgIpc) is 2.93. The number of amides is 1. The van der Waals surface area contributed by atoms with Crippen LogP contribution < -0.4 is 0 Å². The van der Waals surface area contributed by atoms with E-state index in [1.54, 1.807) is 13.8 Å². The van der Waals surface area contributed by atoms with Gasteiger partial charge in [0.1, 0.15) is 4.90 Å². The number of piperidine rings is 2. The Morgan fingerprint density at radius 3 is 2.52 bits per heavy atom. The van der Waals surface area contributed by atoms with Gasteiger partial charge in [0.05, 0.1) is 17.3 Å². The molecule has 8 heteroatoms. The van der Waals surface area contributed by atoms with Gasteiger partial charge in [-0.25, -0.2) is 8.42 Å². The standard InChI is InChI=1S/C17H28N4O3S/c1-12-6-4-8-20(10-12)17(22)15-7-5-9-21(11-15)25(23,24)16-13(2)18-19-14(16)3/h12,15H,4-11H2,1-3H3,(H,18,19). The molecule has 2 aliphatic heterocycles. The summed E-state index contributed by atoms with van der Waals surface area (Å²) in [6.07, 6.45) is 3.68. The van der Waals surface area contributed by atoms with Crippen molar-refractivity contribution >= 4 is 15.9 Å². The van der Waals surface area contributed by atoms with Crippen LogP contribution in [0, 0.1) is 25.7 Å². The zero-order valence-corrected chi connectivity index (χ0v) is 16.1. The Labute approximate surface area is 149 Å². The number of rotatable bonds is 3. The maximum atomic E-state index is 13.0. The highest BCUT2D eigenvalue weighted by molar-refractivity contribution is 7.89. The zero-order chi connectivity index (χ0) is 18.2. The molecule has 2 saturated heterocycles. The minimum Gasteiger partial charge on any atom is -0.342 e. The first kappa shape index (κ1) is 18.4. The molecule has 2 fully saturated rings. The third-order valence-electron chi connectivity index (χ3n) is 5.36. The monoisotopic (exact) mass is 368 g/mol. The summed E-state index contributed by atoms with van der Waals surface area (Å²) in [6, 6.07) is 0. The molecule has 1 aromatic rings. The molecular formula is C17H28N4O3S. The second-order valence-corrected chi connectivity index (χ2v) is 9.37. The number of aromatic nitrogens is 2. The largest absolute Gasteiger partial charge is 0.342 e.